The smallest absolute Gasteiger partial charge is 0.147 e. The molecule has 0 aliphatic heterocycles. The van der Waals surface area contributed by atoms with Crippen molar-refractivity contribution in [2.24, 2.45) is 0 Å². The summed E-state index contributed by atoms with van der Waals surface area (Å²) in [6.45, 7) is 7.36. The number of rotatable bonds is 3. The van der Waals surface area contributed by atoms with Crippen LogP contribution in [-0.4, -0.2) is 0 Å². The summed E-state index contributed by atoms with van der Waals surface area (Å²) < 4.78 is 5.28. The minimum absolute atomic E-state index is 0. The van der Waals surface area contributed by atoms with E-state index in [9.17, 15) is 0 Å². The molecule has 1 aromatic carbocycles. The Labute approximate surface area is 140 Å². The molecule has 19 heavy (non-hydrogen) atoms. The first-order chi connectivity index (χ1) is 8.15. The van der Waals surface area contributed by atoms with E-state index in [1.54, 1.807) is 20.8 Å². The van der Waals surface area contributed by atoms with Crippen molar-refractivity contribution < 1.29 is 24.1 Å². The van der Waals surface area contributed by atoms with Crippen LogP contribution in [0.2, 0.25) is 0 Å². The molecule has 0 atom stereocenters. The standard InChI is InChI=1S/C15H17O.2ClH.Ti/c1-10-8-15(12(3)11(10)2)14-7-5-4-6-13(14)9-16;;;/h4-7H,8-9H2,1-3H3;2*1H;/q-1;;;+1. The van der Waals surface area contributed by atoms with Crippen molar-refractivity contribution in [2.75, 3.05) is 0 Å². The number of hydrogen-bond donors (Lipinski definition) is 0. The Bertz CT molecular complexity index is 507. The molecule has 2 rings (SSSR count). The summed E-state index contributed by atoms with van der Waals surface area (Å²) in [5.41, 5.74) is 8.48. The Morgan fingerprint density at radius 2 is 1.68 bits per heavy atom. The molecule has 1 nitrogen and oxygen atoms in total. The van der Waals surface area contributed by atoms with Crippen LogP contribution in [0.15, 0.2) is 41.0 Å². The SMILES string of the molecule is CC1=C(C)C(C)=C(c2ccccc2C[O][Ti])C1.Cl.Cl. The van der Waals surface area contributed by atoms with Crippen molar-refractivity contribution in [3.8, 4) is 0 Å². The van der Waals surface area contributed by atoms with E-state index < -0.39 is 0 Å². The minimum atomic E-state index is 0. The van der Waals surface area contributed by atoms with Gasteiger partial charge < -0.3 is 0 Å². The van der Waals surface area contributed by atoms with Gasteiger partial charge >= 0.3 is 116 Å². The van der Waals surface area contributed by atoms with Gasteiger partial charge in [0, 0.05) is 0 Å². The third-order valence-corrected chi connectivity index (χ3v) is 3.89. The molecule has 0 aromatic heterocycles. The van der Waals surface area contributed by atoms with Gasteiger partial charge in [-0.3, -0.25) is 0 Å². The molecule has 0 spiro atoms. The van der Waals surface area contributed by atoms with Crippen LogP contribution in [0.25, 0.3) is 5.57 Å². The molecule has 4 heteroatoms. The molecule has 0 bridgehead atoms. The van der Waals surface area contributed by atoms with Crippen LogP contribution in [0.4, 0.5) is 0 Å². The normalized spacial score (nSPS) is 14.2. The fourth-order valence-electron chi connectivity index (χ4n) is 2.39. The van der Waals surface area contributed by atoms with Crippen LogP contribution in [0.3, 0.4) is 0 Å². The molecule has 0 radical (unpaired) electrons. The Balaban J connectivity index is 0.00000162. The van der Waals surface area contributed by atoms with Crippen LogP contribution in [0, 0.1) is 0 Å². The summed E-state index contributed by atoms with van der Waals surface area (Å²) >= 11 is 1.75. The largest absolute Gasteiger partial charge is 0.147 e. The minimum Gasteiger partial charge on any atom is -0.147 e. The van der Waals surface area contributed by atoms with Gasteiger partial charge in [0.05, 0.1) is 0 Å². The zero-order chi connectivity index (χ0) is 12.4. The van der Waals surface area contributed by atoms with E-state index in [4.69, 9.17) is 3.32 Å². The Kier molecular flexibility index (Phi) is 8.27. The second-order valence-electron chi connectivity index (χ2n) is 4.63. The Hall–Kier alpha value is -0.0457. The number of benzene rings is 1. The van der Waals surface area contributed by atoms with Gasteiger partial charge in [-0.2, -0.15) is 0 Å². The van der Waals surface area contributed by atoms with Crippen molar-refractivity contribution >= 4 is 30.4 Å². The first-order valence-corrected chi connectivity index (χ1v) is 6.52. The molecule has 0 unspecified atom stereocenters. The fraction of sp³-hybridized carbons (Fsp3) is 0.333. The molecule has 0 fully saturated rings. The number of hydrogen-bond acceptors (Lipinski definition) is 1. The summed E-state index contributed by atoms with van der Waals surface area (Å²) in [7, 11) is 0. The summed E-state index contributed by atoms with van der Waals surface area (Å²) in [5, 5.41) is 0. The average Bonchev–Trinajstić information content (AvgIpc) is 2.58. The van der Waals surface area contributed by atoms with E-state index in [1.165, 1.54) is 33.4 Å². The quantitative estimate of drug-likeness (QED) is 0.705. The third-order valence-electron chi connectivity index (χ3n) is 3.67. The van der Waals surface area contributed by atoms with Gasteiger partial charge in [0.1, 0.15) is 0 Å². The molecule has 0 heterocycles. The van der Waals surface area contributed by atoms with Gasteiger partial charge in [0.2, 0.25) is 0 Å². The van der Waals surface area contributed by atoms with E-state index >= 15 is 0 Å². The Morgan fingerprint density at radius 3 is 2.21 bits per heavy atom. The maximum Gasteiger partial charge on any atom is -0.147 e. The number of halogens is 2. The molecular weight excluding hydrogens is 315 g/mol. The third kappa shape index (κ3) is 3.96. The van der Waals surface area contributed by atoms with Crippen LogP contribution < -0.4 is 0 Å². The Morgan fingerprint density at radius 1 is 1.05 bits per heavy atom. The number of allylic oxidation sites excluding steroid dienone is 4. The first-order valence-electron chi connectivity index (χ1n) is 5.88. The van der Waals surface area contributed by atoms with Gasteiger partial charge in [-0.1, -0.05) is 0 Å². The van der Waals surface area contributed by atoms with E-state index in [1.807, 2.05) is 0 Å². The van der Waals surface area contributed by atoms with Crippen molar-refractivity contribution in [1.82, 2.24) is 0 Å². The molecule has 0 amide bonds. The van der Waals surface area contributed by atoms with Gasteiger partial charge in [0.15, 0.2) is 0 Å². The zero-order valence-electron chi connectivity index (χ0n) is 11.4. The van der Waals surface area contributed by atoms with Crippen LogP contribution in [0.1, 0.15) is 38.3 Å². The van der Waals surface area contributed by atoms with Crippen molar-refractivity contribution in [2.45, 2.75) is 33.8 Å². The molecule has 1 aliphatic carbocycles. The summed E-state index contributed by atoms with van der Waals surface area (Å²) in [6, 6.07) is 8.55. The molecule has 0 N–H and O–H groups in total. The van der Waals surface area contributed by atoms with Crippen molar-refractivity contribution in [3.05, 3.63) is 52.1 Å². The van der Waals surface area contributed by atoms with Gasteiger partial charge in [0.25, 0.3) is 0 Å². The van der Waals surface area contributed by atoms with Gasteiger partial charge in [-0.15, -0.1) is 24.8 Å². The molecule has 0 saturated carbocycles. The summed E-state index contributed by atoms with van der Waals surface area (Å²) in [6.07, 6.45) is 1.08. The molecule has 1 aromatic rings. The first kappa shape index (κ1) is 19.0. The van der Waals surface area contributed by atoms with E-state index in [2.05, 4.69) is 45.0 Å². The topological polar surface area (TPSA) is 9.23 Å². The fourth-order valence-corrected chi connectivity index (χ4v) is 2.64. The van der Waals surface area contributed by atoms with Crippen LogP contribution in [-0.2, 0) is 30.7 Å². The average molecular weight is 334 g/mol. The van der Waals surface area contributed by atoms with E-state index in [-0.39, 0.29) is 24.8 Å². The molecule has 1 aliphatic rings. The second kappa shape index (κ2) is 8.29. The summed E-state index contributed by atoms with van der Waals surface area (Å²) in [5.74, 6) is 0. The second-order valence-corrected chi connectivity index (χ2v) is 5.08. The predicted molar refractivity (Wildman–Crippen MR) is 81.3 cm³/mol. The zero-order valence-corrected chi connectivity index (χ0v) is 14.6. The molecule has 103 valence electrons. The van der Waals surface area contributed by atoms with Crippen molar-refractivity contribution in [3.63, 3.8) is 0 Å². The maximum atomic E-state index is 5.28. The van der Waals surface area contributed by atoms with Gasteiger partial charge in [-0.05, 0) is 0 Å². The van der Waals surface area contributed by atoms with Crippen molar-refractivity contribution in [1.29, 1.82) is 0 Å². The predicted octanol–water partition coefficient (Wildman–Crippen LogP) is 5.02. The molecular formula is C15H19Cl2OTi. The monoisotopic (exact) mass is 333 g/mol. The maximum absolute atomic E-state index is 5.28. The van der Waals surface area contributed by atoms with Crippen LogP contribution in [0.5, 0.6) is 0 Å². The molecule has 0 saturated heterocycles. The van der Waals surface area contributed by atoms with Gasteiger partial charge in [-0.25, -0.2) is 0 Å². The van der Waals surface area contributed by atoms with Crippen LogP contribution >= 0.6 is 24.8 Å². The van der Waals surface area contributed by atoms with E-state index in [0.29, 0.717) is 6.61 Å². The van der Waals surface area contributed by atoms with E-state index in [0.717, 1.165) is 6.42 Å². The summed E-state index contributed by atoms with van der Waals surface area (Å²) in [4.78, 5) is 0.